The molecule has 1 aromatic heterocycles. The molecule has 3 amide bonds. The number of nitrogens with one attached hydrogen (secondary N) is 3. The Morgan fingerprint density at radius 2 is 2.00 bits per heavy atom. The highest BCUT2D eigenvalue weighted by atomic mass is 32.1. The number of likely N-dealkylation sites (tertiary alicyclic amines) is 1. The van der Waals surface area contributed by atoms with Gasteiger partial charge in [-0.1, -0.05) is 13.0 Å². The number of nitrogens with zero attached hydrogens (tertiary/aromatic N) is 1. The summed E-state index contributed by atoms with van der Waals surface area (Å²) in [5.41, 5.74) is 0. The Balaban J connectivity index is 1.71. The highest BCUT2D eigenvalue weighted by Crippen LogP contribution is 2.27. The first-order chi connectivity index (χ1) is 11.7. The van der Waals surface area contributed by atoms with Crippen LogP contribution in [0.15, 0.2) is 17.5 Å². The molecule has 1 aliphatic heterocycles. The summed E-state index contributed by atoms with van der Waals surface area (Å²) in [6.07, 6.45) is 3.68. The lowest BCUT2D eigenvalue weighted by Gasteiger charge is -2.26. The number of hydrogen-bond acceptors (Lipinski definition) is 4. The second kappa shape index (κ2) is 10.3. The van der Waals surface area contributed by atoms with Crippen molar-refractivity contribution in [2.24, 2.45) is 0 Å². The summed E-state index contributed by atoms with van der Waals surface area (Å²) < 4.78 is 0. The minimum absolute atomic E-state index is 0.0225. The molecule has 7 heteroatoms. The Morgan fingerprint density at radius 3 is 2.67 bits per heavy atom. The van der Waals surface area contributed by atoms with Crippen LogP contribution in [0.3, 0.4) is 0 Å². The van der Waals surface area contributed by atoms with E-state index in [0.29, 0.717) is 26.1 Å². The molecule has 3 N–H and O–H groups in total. The topological polar surface area (TPSA) is 73.5 Å². The van der Waals surface area contributed by atoms with Crippen LogP contribution in [-0.2, 0) is 4.79 Å². The maximum atomic E-state index is 12.0. The monoisotopic (exact) mass is 352 g/mol. The number of carbonyl (C=O) groups excluding carboxylic acids is 2. The zero-order valence-corrected chi connectivity index (χ0v) is 15.2. The minimum Gasteiger partial charge on any atom is -0.356 e. The molecule has 0 bridgehead atoms. The molecule has 1 atom stereocenters. The number of hydrogen-bond donors (Lipinski definition) is 3. The van der Waals surface area contributed by atoms with E-state index in [1.165, 1.54) is 17.7 Å². The number of rotatable bonds is 9. The SMILES string of the molecule is CCCNC(=O)CCNC(=O)NCC(c1cccs1)N1CCCC1. The van der Waals surface area contributed by atoms with E-state index in [4.69, 9.17) is 0 Å². The van der Waals surface area contributed by atoms with E-state index in [-0.39, 0.29) is 18.0 Å². The van der Waals surface area contributed by atoms with E-state index >= 15 is 0 Å². The van der Waals surface area contributed by atoms with Crippen LogP contribution in [0, 0.1) is 0 Å². The minimum atomic E-state index is -0.209. The second-order valence-electron chi connectivity index (χ2n) is 6.01. The molecule has 6 nitrogen and oxygen atoms in total. The van der Waals surface area contributed by atoms with Gasteiger partial charge in [0.15, 0.2) is 0 Å². The van der Waals surface area contributed by atoms with Gasteiger partial charge in [-0.2, -0.15) is 0 Å². The number of amides is 3. The number of urea groups is 1. The maximum absolute atomic E-state index is 12.0. The van der Waals surface area contributed by atoms with Gasteiger partial charge in [0, 0.05) is 30.9 Å². The van der Waals surface area contributed by atoms with Crippen molar-refractivity contribution in [3.05, 3.63) is 22.4 Å². The smallest absolute Gasteiger partial charge is 0.314 e. The fraction of sp³-hybridized carbons (Fsp3) is 0.647. The van der Waals surface area contributed by atoms with Crippen molar-refractivity contribution >= 4 is 23.3 Å². The van der Waals surface area contributed by atoms with Crippen LogP contribution in [0.1, 0.15) is 43.5 Å². The molecule has 0 aromatic carbocycles. The maximum Gasteiger partial charge on any atom is 0.314 e. The standard InChI is InChI=1S/C17H28N4O2S/c1-2-8-18-16(22)7-9-19-17(23)20-13-14(15-6-5-12-24-15)21-10-3-4-11-21/h5-6,12,14H,2-4,7-11,13H2,1H3,(H,18,22)(H2,19,20,23). The van der Waals surface area contributed by atoms with Crippen molar-refractivity contribution in [1.82, 2.24) is 20.9 Å². The van der Waals surface area contributed by atoms with E-state index in [1.807, 2.05) is 6.92 Å². The molecular weight excluding hydrogens is 324 g/mol. The molecule has 1 unspecified atom stereocenters. The van der Waals surface area contributed by atoms with Gasteiger partial charge >= 0.3 is 6.03 Å². The van der Waals surface area contributed by atoms with Crippen LogP contribution in [-0.4, -0.2) is 49.6 Å². The average molecular weight is 353 g/mol. The normalized spacial score (nSPS) is 15.9. The summed E-state index contributed by atoms with van der Waals surface area (Å²) in [7, 11) is 0. The van der Waals surface area contributed by atoms with E-state index in [2.05, 4.69) is 38.4 Å². The Morgan fingerprint density at radius 1 is 1.21 bits per heavy atom. The van der Waals surface area contributed by atoms with Crippen molar-refractivity contribution in [2.45, 2.75) is 38.6 Å². The highest BCUT2D eigenvalue weighted by molar-refractivity contribution is 7.10. The van der Waals surface area contributed by atoms with Gasteiger partial charge in [0.2, 0.25) is 5.91 Å². The summed E-state index contributed by atoms with van der Waals surface area (Å²) in [6, 6.07) is 4.22. The first kappa shape index (κ1) is 18.7. The summed E-state index contributed by atoms with van der Waals surface area (Å²) in [6.45, 7) is 5.82. The highest BCUT2D eigenvalue weighted by Gasteiger charge is 2.24. The second-order valence-corrected chi connectivity index (χ2v) is 6.99. The first-order valence-corrected chi connectivity index (χ1v) is 9.64. The molecule has 1 aliphatic rings. The molecular formula is C17H28N4O2S. The van der Waals surface area contributed by atoms with Gasteiger partial charge in [-0.25, -0.2) is 4.79 Å². The van der Waals surface area contributed by atoms with Crippen molar-refractivity contribution < 1.29 is 9.59 Å². The van der Waals surface area contributed by atoms with Crippen LogP contribution in [0.25, 0.3) is 0 Å². The van der Waals surface area contributed by atoms with E-state index in [9.17, 15) is 9.59 Å². The zero-order valence-electron chi connectivity index (χ0n) is 14.3. The summed E-state index contributed by atoms with van der Waals surface area (Å²) in [4.78, 5) is 27.2. The Hall–Kier alpha value is -1.60. The molecule has 1 aromatic rings. The fourth-order valence-electron chi connectivity index (χ4n) is 2.84. The fourth-order valence-corrected chi connectivity index (χ4v) is 3.70. The number of thiophene rings is 1. The van der Waals surface area contributed by atoms with Gasteiger partial charge in [-0.05, 0) is 43.8 Å². The predicted molar refractivity (Wildman–Crippen MR) is 97.2 cm³/mol. The molecule has 0 saturated carbocycles. The van der Waals surface area contributed by atoms with Gasteiger partial charge in [0.05, 0.1) is 6.04 Å². The van der Waals surface area contributed by atoms with Crippen LogP contribution in [0.5, 0.6) is 0 Å². The van der Waals surface area contributed by atoms with Crippen molar-refractivity contribution in [3.8, 4) is 0 Å². The van der Waals surface area contributed by atoms with Crippen LogP contribution < -0.4 is 16.0 Å². The van der Waals surface area contributed by atoms with Crippen molar-refractivity contribution in [2.75, 3.05) is 32.7 Å². The number of carbonyl (C=O) groups is 2. The lowest BCUT2D eigenvalue weighted by Crippen LogP contribution is -2.42. The van der Waals surface area contributed by atoms with E-state index in [0.717, 1.165) is 19.5 Å². The molecule has 134 valence electrons. The Labute approximate surface area is 148 Å². The molecule has 1 fully saturated rings. The van der Waals surface area contributed by atoms with Crippen LogP contribution in [0.2, 0.25) is 0 Å². The molecule has 24 heavy (non-hydrogen) atoms. The molecule has 0 aliphatic carbocycles. The quantitative estimate of drug-likeness (QED) is 0.637. The largest absolute Gasteiger partial charge is 0.356 e. The Bertz CT molecular complexity index is 501. The van der Waals surface area contributed by atoms with Crippen LogP contribution in [0.4, 0.5) is 4.79 Å². The van der Waals surface area contributed by atoms with E-state index in [1.54, 1.807) is 11.3 Å². The summed E-state index contributed by atoms with van der Waals surface area (Å²) in [5, 5.41) is 10.6. The molecule has 2 heterocycles. The molecule has 2 rings (SSSR count). The summed E-state index contributed by atoms with van der Waals surface area (Å²) >= 11 is 1.73. The average Bonchev–Trinajstić information content (AvgIpc) is 3.27. The summed E-state index contributed by atoms with van der Waals surface area (Å²) in [5.74, 6) is -0.0225. The third kappa shape index (κ3) is 6.13. The van der Waals surface area contributed by atoms with Gasteiger partial charge < -0.3 is 16.0 Å². The van der Waals surface area contributed by atoms with Crippen LogP contribution >= 0.6 is 11.3 Å². The third-order valence-electron chi connectivity index (χ3n) is 4.12. The Kier molecular flexibility index (Phi) is 8.04. The van der Waals surface area contributed by atoms with Crippen molar-refractivity contribution in [1.29, 1.82) is 0 Å². The first-order valence-electron chi connectivity index (χ1n) is 8.76. The molecule has 1 saturated heterocycles. The molecule has 0 radical (unpaired) electrons. The lowest BCUT2D eigenvalue weighted by atomic mass is 10.2. The van der Waals surface area contributed by atoms with Gasteiger partial charge in [-0.3, -0.25) is 9.69 Å². The van der Waals surface area contributed by atoms with E-state index < -0.39 is 0 Å². The van der Waals surface area contributed by atoms with Gasteiger partial charge in [0.25, 0.3) is 0 Å². The van der Waals surface area contributed by atoms with Gasteiger partial charge in [-0.15, -0.1) is 11.3 Å². The molecule has 0 spiro atoms. The third-order valence-corrected chi connectivity index (χ3v) is 5.09. The van der Waals surface area contributed by atoms with Crippen molar-refractivity contribution in [3.63, 3.8) is 0 Å². The van der Waals surface area contributed by atoms with Gasteiger partial charge in [0.1, 0.15) is 0 Å². The predicted octanol–water partition coefficient (Wildman–Crippen LogP) is 2.10. The zero-order chi connectivity index (χ0) is 17.2. The lowest BCUT2D eigenvalue weighted by molar-refractivity contribution is -0.120.